The van der Waals surface area contributed by atoms with Crippen molar-refractivity contribution in [2.75, 3.05) is 13.7 Å². The summed E-state index contributed by atoms with van der Waals surface area (Å²) < 4.78 is 12.6. The molecule has 3 rings (SSSR count). The summed E-state index contributed by atoms with van der Waals surface area (Å²) in [6.45, 7) is 1.55. The standard InChI is InChI=1S/C15H18N4O3/c1-21-13-4-2-11(3-5-13)6-15(20)16-8-14-9-19-12(10-22-14)7-17-18-19/h2-5,7,14H,6,8-10H2,1H3,(H,16,20). The largest absolute Gasteiger partial charge is 0.497 e. The van der Waals surface area contributed by atoms with Gasteiger partial charge in [0.1, 0.15) is 5.75 Å². The van der Waals surface area contributed by atoms with Crippen LogP contribution in [0.2, 0.25) is 0 Å². The van der Waals surface area contributed by atoms with Gasteiger partial charge >= 0.3 is 0 Å². The van der Waals surface area contributed by atoms with Gasteiger partial charge in [-0.3, -0.25) is 4.79 Å². The molecule has 1 aromatic heterocycles. The van der Waals surface area contributed by atoms with Gasteiger partial charge in [0.2, 0.25) is 5.91 Å². The van der Waals surface area contributed by atoms with Crippen LogP contribution < -0.4 is 10.1 Å². The number of nitrogens with one attached hydrogen (secondary N) is 1. The average molecular weight is 302 g/mol. The SMILES string of the molecule is COc1ccc(CC(=O)NCC2Cn3nncc3CO2)cc1. The third kappa shape index (κ3) is 3.43. The third-order valence-corrected chi connectivity index (χ3v) is 3.59. The number of aromatic nitrogens is 3. The number of carbonyl (C=O) groups excluding carboxylic acids is 1. The van der Waals surface area contributed by atoms with E-state index in [2.05, 4.69) is 15.6 Å². The molecular weight excluding hydrogens is 284 g/mol. The molecule has 0 saturated heterocycles. The van der Waals surface area contributed by atoms with Crippen LogP contribution in [-0.2, 0) is 29.1 Å². The molecule has 116 valence electrons. The fourth-order valence-corrected chi connectivity index (χ4v) is 2.34. The number of methoxy groups -OCH3 is 1. The van der Waals surface area contributed by atoms with E-state index in [1.54, 1.807) is 13.3 Å². The van der Waals surface area contributed by atoms with Crippen LogP contribution in [0.4, 0.5) is 0 Å². The maximum Gasteiger partial charge on any atom is 0.224 e. The van der Waals surface area contributed by atoms with E-state index in [0.29, 0.717) is 26.1 Å². The summed E-state index contributed by atoms with van der Waals surface area (Å²) in [6, 6.07) is 7.46. The van der Waals surface area contributed by atoms with Gasteiger partial charge in [-0.1, -0.05) is 17.3 Å². The molecule has 1 aliphatic rings. The van der Waals surface area contributed by atoms with Gasteiger partial charge in [0, 0.05) is 6.54 Å². The number of hydrogen-bond acceptors (Lipinski definition) is 5. The molecule has 0 radical (unpaired) electrons. The summed E-state index contributed by atoms with van der Waals surface area (Å²) >= 11 is 0. The summed E-state index contributed by atoms with van der Waals surface area (Å²) in [5.41, 5.74) is 1.90. The highest BCUT2D eigenvalue weighted by Gasteiger charge is 2.20. The maximum absolute atomic E-state index is 12.0. The van der Waals surface area contributed by atoms with Crippen molar-refractivity contribution in [2.45, 2.75) is 25.7 Å². The topological polar surface area (TPSA) is 78.3 Å². The van der Waals surface area contributed by atoms with Crippen molar-refractivity contribution in [1.29, 1.82) is 0 Å². The van der Waals surface area contributed by atoms with E-state index in [1.807, 2.05) is 28.9 Å². The Morgan fingerprint density at radius 1 is 1.45 bits per heavy atom. The number of fused-ring (bicyclic) bond motifs is 1. The molecule has 0 spiro atoms. The molecule has 0 saturated carbocycles. The highest BCUT2D eigenvalue weighted by atomic mass is 16.5. The lowest BCUT2D eigenvalue weighted by Crippen LogP contribution is -2.39. The van der Waals surface area contributed by atoms with E-state index in [4.69, 9.17) is 9.47 Å². The van der Waals surface area contributed by atoms with Crippen LogP contribution in [0.3, 0.4) is 0 Å². The van der Waals surface area contributed by atoms with Crippen molar-refractivity contribution in [3.8, 4) is 5.75 Å². The first-order chi connectivity index (χ1) is 10.7. The van der Waals surface area contributed by atoms with Crippen LogP contribution in [0.5, 0.6) is 5.75 Å². The fraction of sp³-hybridized carbons (Fsp3) is 0.400. The molecule has 2 heterocycles. The summed E-state index contributed by atoms with van der Waals surface area (Å²) in [5.74, 6) is 0.751. The first-order valence-corrected chi connectivity index (χ1v) is 7.13. The lowest BCUT2D eigenvalue weighted by Gasteiger charge is -2.23. The number of ether oxygens (including phenoxy) is 2. The minimum absolute atomic E-state index is 0.0295. The number of benzene rings is 1. The number of rotatable bonds is 5. The molecule has 1 aromatic carbocycles. The zero-order valence-corrected chi connectivity index (χ0v) is 12.4. The normalized spacial score (nSPS) is 16.9. The van der Waals surface area contributed by atoms with E-state index in [9.17, 15) is 4.79 Å². The number of amides is 1. The molecule has 7 nitrogen and oxygen atoms in total. The van der Waals surface area contributed by atoms with Crippen LogP contribution in [0.15, 0.2) is 30.5 Å². The van der Waals surface area contributed by atoms with E-state index >= 15 is 0 Å². The Morgan fingerprint density at radius 3 is 3.05 bits per heavy atom. The molecule has 0 bridgehead atoms. The summed E-state index contributed by atoms with van der Waals surface area (Å²) in [7, 11) is 1.62. The third-order valence-electron chi connectivity index (χ3n) is 3.59. The molecule has 0 aliphatic carbocycles. The summed E-state index contributed by atoms with van der Waals surface area (Å²) in [5, 5.41) is 10.7. The van der Waals surface area contributed by atoms with Crippen molar-refractivity contribution in [1.82, 2.24) is 20.3 Å². The van der Waals surface area contributed by atoms with Crippen molar-refractivity contribution in [2.24, 2.45) is 0 Å². The van der Waals surface area contributed by atoms with E-state index in [0.717, 1.165) is 17.0 Å². The van der Waals surface area contributed by atoms with Gasteiger partial charge < -0.3 is 14.8 Å². The molecule has 1 amide bonds. The van der Waals surface area contributed by atoms with Crippen LogP contribution in [0, 0.1) is 0 Å². The zero-order chi connectivity index (χ0) is 15.4. The Kier molecular flexibility index (Phi) is 4.34. The molecule has 2 aromatic rings. The van der Waals surface area contributed by atoms with Crippen LogP contribution in [0.25, 0.3) is 0 Å². The molecule has 1 N–H and O–H groups in total. The monoisotopic (exact) mass is 302 g/mol. The molecular formula is C15H18N4O3. The van der Waals surface area contributed by atoms with Crippen molar-refractivity contribution in [3.05, 3.63) is 41.7 Å². The van der Waals surface area contributed by atoms with Gasteiger partial charge in [0.15, 0.2) is 0 Å². The quantitative estimate of drug-likeness (QED) is 0.872. The van der Waals surface area contributed by atoms with Gasteiger partial charge in [0.05, 0.1) is 44.7 Å². The molecule has 22 heavy (non-hydrogen) atoms. The average Bonchev–Trinajstić information content (AvgIpc) is 3.01. The fourth-order valence-electron chi connectivity index (χ4n) is 2.34. The Morgan fingerprint density at radius 2 is 2.27 bits per heavy atom. The number of carbonyl (C=O) groups is 1. The Balaban J connectivity index is 1.46. The molecule has 1 atom stereocenters. The van der Waals surface area contributed by atoms with Crippen molar-refractivity contribution < 1.29 is 14.3 Å². The highest BCUT2D eigenvalue weighted by Crippen LogP contribution is 2.12. The van der Waals surface area contributed by atoms with Crippen molar-refractivity contribution in [3.63, 3.8) is 0 Å². The number of hydrogen-bond donors (Lipinski definition) is 1. The van der Waals surface area contributed by atoms with Gasteiger partial charge in [-0.05, 0) is 17.7 Å². The first kappa shape index (κ1) is 14.5. The predicted octanol–water partition coefficient (Wildman–Crippen LogP) is 0.544. The summed E-state index contributed by atoms with van der Waals surface area (Å²) in [4.78, 5) is 12.0. The Labute approximate surface area is 128 Å². The lowest BCUT2D eigenvalue weighted by molar-refractivity contribution is -0.121. The predicted molar refractivity (Wildman–Crippen MR) is 78.3 cm³/mol. The van der Waals surface area contributed by atoms with E-state index in [-0.39, 0.29) is 12.0 Å². The van der Waals surface area contributed by atoms with Crippen LogP contribution in [0.1, 0.15) is 11.3 Å². The van der Waals surface area contributed by atoms with Crippen molar-refractivity contribution >= 4 is 5.91 Å². The molecule has 0 fully saturated rings. The maximum atomic E-state index is 12.0. The van der Waals surface area contributed by atoms with E-state index in [1.165, 1.54) is 0 Å². The first-order valence-electron chi connectivity index (χ1n) is 7.13. The summed E-state index contributed by atoms with van der Waals surface area (Å²) in [6.07, 6.45) is 1.96. The zero-order valence-electron chi connectivity index (χ0n) is 12.4. The Bertz CT molecular complexity index is 638. The minimum atomic E-state index is -0.0750. The highest BCUT2D eigenvalue weighted by molar-refractivity contribution is 5.78. The minimum Gasteiger partial charge on any atom is -0.497 e. The smallest absolute Gasteiger partial charge is 0.224 e. The molecule has 1 unspecified atom stereocenters. The number of nitrogens with zero attached hydrogens (tertiary/aromatic N) is 3. The van der Waals surface area contributed by atoms with Crippen LogP contribution >= 0.6 is 0 Å². The second-order valence-electron chi connectivity index (χ2n) is 5.17. The van der Waals surface area contributed by atoms with Crippen LogP contribution in [-0.4, -0.2) is 40.7 Å². The van der Waals surface area contributed by atoms with Gasteiger partial charge in [0.25, 0.3) is 0 Å². The van der Waals surface area contributed by atoms with Gasteiger partial charge in [-0.15, -0.1) is 5.10 Å². The lowest BCUT2D eigenvalue weighted by atomic mass is 10.1. The van der Waals surface area contributed by atoms with Gasteiger partial charge in [-0.2, -0.15) is 0 Å². The molecule has 7 heteroatoms. The molecule has 1 aliphatic heterocycles. The van der Waals surface area contributed by atoms with E-state index < -0.39 is 0 Å². The second-order valence-corrected chi connectivity index (χ2v) is 5.17. The van der Waals surface area contributed by atoms with Gasteiger partial charge in [-0.25, -0.2) is 4.68 Å². The second kappa shape index (κ2) is 6.57. The Hall–Kier alpha value is -2.41.